The Balaban J connectivity index is 1.91. The van der Waals surface area contributed by atoms with Crippen molar-refractivity contribution in [3.05, 3.63) is 0 Å². The second-order valence-corrected chi connectivity index (χ2v) is 7.90. The molecule has 94 valence electrons. The predicted molar refractivity (Wildman–Crippen MR) is 63.9 cm³/mol. The summed E-state index contributed by atoms with van der Waals surface area (Å²) in [4.78, 5) is 0. The van der Waals surface area contributed by atoms with E-state index in [1.807, 2.05) is 0 Å². The predicted octanol–water partition coefficient (Wildman–Crippen LogP) is 1.61. The molecule has 0 radical (unpaired) electrons. The van der Waals surface area contributed by atoms with Gasteiger partial charge < -0.3 is 5.11 Å². The fourth-order valence-corrected chi connectivity index (χ4v) is 4.95. The highest BCUT2D eigenvalue weighted by Gasteiger charge is 2.37. The first-order valence-corrected chi connectivity index (χ1v) is 8.18. The molecule has 1 saturated carbocycles. The van der Waals surface area contributed by atoms with Crippen molar-refractivity contribution in [2.45, 2.75) is 45.1 Å². The zero-order valence-corrected chi connectivity index (χ0v) is 10.7. The van der Waals surface area contributed by atoms with E-state index in [1.165, 1.54) is 12.8 Å². The summed E-state index contributed by atoms with van der Waals surface area (Å²) in [6.45, 7) is 2.25. The second-order valence-electron chi connectivity index (χ2n) is 5.67. The van der Waals surface area contributed by atoms with Crippen molar-refractivity contribution in [3.63, 3.8) is 0 Å². The minimum atomic E-state index is -2.85. The Hall–Kier alpha value is -0.0900. The van der Waals surface area contributed by atoms with Crippen LogP contribution in [0.25, 0.3) is 0 Å². The monoisotopic (exact) mass is 246 g/mol. The van der Waals surface area contributed by atoms with Crippen LogP contribution in [0.15, 0.2) is 0 Å². The summed E-state index contributed by atoms with van der Waals surface area (Å²) in [7, 11) is -2.85. The lowest BCUT2D eigenvalue weighted by atomic mass is 9.77. The van der Waals surface area contributed by atoms with Crippen molar-refractivity contribution in [1.29, 1.82) is 0 Å². The Bertz CT molecular complexity index is 328. The molecule has 1 heterocycles. The highest BCUT2D eigenvalue weighted by atomic mass is 32.2. The SMILES string of the molecule is CC1CCC(C(O)C2CCS(=O)(=O)C2)CC1. The smallest absolute Gasteiger partial charge is 0.150 e. The van der Waals surface area contributed by atoms with Gasteiger partial charge in [0.2, 0.25) is 0 Å². The van der Waals surface area contributed by atoms with Crippen molar-refractivity contribution in [2.24, 2.45) is 17.8 Å². The van der Waals surface area contributed by atoms with Gasteiger partial charge in [-0.3, -0.25) is 0 Å². The third-order valence-electron chi connectivity index (χ3n) is 4.29. The van der Waals surface area contributed by atoms with Crippen molar-refractivity contribution in [2.75, 3.05) is 11.5 Å². The van der Waals surface area contributed by atoms with Gasteiger partial charge in [0.1, 0.15) is 0 Å². The van der Waals surface area contributed by atoms with Crippen LogP contribution in [-0.4, -0.2) is 31.1 Å². The number of aliphatic hydroxyl groups is 1. The van der Waals surface area contributed by atoms with Crippen molar-refractivity contribution in [1.82, 2.24) is 0 Å². The molecule has 0 aromatic heterocycles. The van der Waals surface area contributed by atoms with E-state index in [-0.39, 0.29) is 23.5 Å². The quantitative estimate of drug-likeness (QED) is 0.805. The minimum Gasteiger partial charge on any atom is -0.393 e. The fourth-order valence-electron chi connectivity index (χ4n) is 3.11. The summed E-state index contributed by atoms with van der Waals surface area (Å²) in [5.74, 6) is 1.60. The van der Waals surface area contributed by atoms with Gasteiger partial charge in [-0.1, -0.05) is 19.8 Å². The van der Waals surface area contributed by atoms with E-state index in [2.05, 4.69) is 6.92 Å². The molecule has 4 heteroatoms. The first kappa shape index (κ1) is 12.4. The van der Waals surface area contributed by atoms with Crippen molar-refractivity contribution < 1.29 is 13.5 Å². The Morgan fingerprint density at radius 1 is 1.06 bits per heavy atom. The third-order valence-corrected chi connectivity index (χ3v) is 6.09. The fraction of sp³-hybridized carbons (Fsp3) is 1.00. The Morgan fingerprint density at radius 3 is 2.19 bits per heavy atom. The lowest BCUT2D eigenvalue weighted by Gasteiger charge is -2.32. The summed E-state index contributed by atoms with van der Waals surface area (Å²) in [6, 6.07) is 0. The van der Waals surface area contributed by atoms with E-state index in [0.717, 1.165) is 18.8 Å². The maximum Gasteiger partial charge on any atom is 0.150 e. The van der Waals surface area contributed by atoms with Gasteiger partial charge in [0.05, 0.1) is 17.6 Å². The van der Waals surface area contributed by atoms with Gasteiger partial charge in [0, 0.05) is 0 Å². The van der Waals surface area contributed by atoms with Gasteiger partial charge in [-0.2, -0.15) is 0 Å². The van der Waals surface area contributed by atoms with Crippen LogP contribution in [0.4, 0.5) is 0 Å². The normalized spacial score (nSPS) is 40.8. The number of aliphatic hydroxyl groups excluding tert-OH is 1. The standard InChI is InChI=1S/C12H22O3S/c1-9-2-4-10(5-3-9)12(13)11-6-7-16(14,15)8-11/h9-13H,2-8H2,1H3. The molecule has 2 rings (SSSR count). The van der Waals surface area contributed by atoms with Crippen molar-refractivity contribution in [3.8, 4) is 0 Å². The summed E-state index contributed by atoms with van der Waals surface area (Å²) in [6.07, 6.45) is 4.78. The molecule has 1 saturated heterocycles. The minimum absolute atomic E-state index is 0.00315. The van der Waals surface area contributed by atoms with Crippen molar-refractivity contribution >= 4 is 9.84 Å². The van der Waals surface area contributed by atoms with E-state index >= 15 is 0 Å². The molecule has 3 nitrogen and oxygen atoms in total. The van der Waals surface area contributed by atoms with Gasteiger partial charge in [-0.25, -0.2) is 8.42 Å². The molecule has 0 aromatic carbocycles. The van der Waals surface area contributed by atoms with Gasteiger partial charge in [0.25, 0.3) is 0 Å². The van der Waals surface area contributed by atoms with Crippen LogP contribution in [-0.2, 0) is 9.84 Å². The first-order valence-electron chi connectivity index (χ1n) is 6.36. The first-order chi connectivity index (χ1) is 7.48. The molecule has 1 aliphatic carbocycles. The Morgan fingerprint density at radius 2 is 1.69 bits per heavy atom. The largest absolute Gasteiger partial charge is 0.393 e. The summed E-state index contributed by atoms with van der Waals surface area (Å²) < 4.78 is 22.7. The van der Waals surface area contributed by atoms with Crippen LogP contribution >= 0.6 is 0 Å². The number of hydrogen-bond donors (Lipinski definition) is 1. The Kier molecular flexibility index (Phi) is 3.59. The average Bonchev–Trinajstić information content (AvgIpc) is 2.59. The van der Waals surface area contributed by atoms with Crippen LogP contribution in [0.5, 0.6) is 0 Å². The topological polar surface area (TPSA) is 54.4 Å². The molecule has 0 aromatic rings. The molecule has 0 amide bonds. The molecular formula is C12H22O3S. The molecule has 0 bridgehead atoms. The van der Waals surface area contributed by atoms with Gasteiger partial charge >= 0.3 is 0 Å². The highest BCUT2D eigenvalue weighted by molar-refractivity contribution is 7.91. The van der Waals surface area contributed by atoms with Gasteiger partial charge in [0.15, 0.2) is 9.84 Å². The highest BCUT2D eigenvalue weighted by Crippen LogP contribution is 2.35. The van der Waals surface area contributed by atoms with E-state index in [4.69, 9.17) is 0 Å². The average molecular weight is 246 g/mol. The maximum atomic E-state index is 11.4. The molecule has 2 aliphatic rings. The van der Waals surface area contributed by atoms with Gasteiger partial charge in [-0.15, -0.1) is 0 Å². The zero-order valence-electron chi connectivity index (χ0n) is 9.93. The molecule has 1 N–H and O–H groups in total. The maximum absolute atomic E-state index is 11.4. The zero-order chi connectivity index (χ0) is 11.8. The molecule has 16 heavy (non-hydrogen) atoms. The summed E-state index contributed by atoms with van der Waals surface area (Å²) in [5.41, 5.74) is 0. The van der Waals surface area contributed by atoms with E-state index < -0.39 is 9.84 Å². The number of hydrogen-bond acceptors (Lipinski definition) is 3. The second kappa shape index (κ2) is 4.65. The number of sulfone groups is 1. The van der Waals surface area contributed by atoms with E-state index in [9.17, 15) is 13.5 Å². The summed E-state index contributed by atoms with van der Waals surface area (Å²) in [5, 5.41) is 10.2. The molecule has 0 spiro atoms. The third kappa shape index (κ3) is 2.77. The molecule has 2 atom stereocenters. The Labute approximate surface area is 98.2 Å². The number of rotatable bonds is 2. The van der Waals surface area contributed by atoms with Crippen LogP contribution in [0.2, 0.25) is 0 Å². The van der Waals surface area contributed by atoms with Gasteiger partial charge in [-0.05, 0) is 37.0 Å². The van der Waals surface area contributed by atoms with Crippen LogP contribution < -0.4 is 0 Å². The van der Waals surface area contributed by atoms with E-state index in [0.29, 0.717) is 12.3 Å². The van der Waals surface area contributed by atoms with Crippen LogP contribution in [0.3, 0.4) is 0 Å². The molecular weight excluding hydrogens is 224 g/mol. The lowest BCUT2D eigenvalue weighted by molar-refractivity contribution is 0.0358. The molecule has 2 unspecified atom stereocenters. The van der Waals surface area contributed by atoms with Crippen LogP contribution in [0.1, 0.15) is 39.0 Å². The van der Waals surface area contributed by atoms with Crippen LogP contribution in [0, 0.1) is 17.8 Å². The molecule has 2 fully saturated rings. The van der Waals surface area contributed by atoms with E-state index in [1.54, 1.807) is 0 Å². The lowest BCUT2D eigenvalue weighted by Crippen LogP contribution is -2.32. The molecule has 1 aliphatic heterocycles. The summed E-state index contributed by atoms with van der Waals surface area (Å²) >= 11 is 0.